The van der Waals surface area contributed by atoms with E-state index >= 15 is 0 Å². The second-order valence-electron chi connectivity index (χ2n) is 5.50. The third kappa shape index (κ3) is 1.86. The molecule has 1 fully saturated rings. The molecule has 1 saturated carbocycles. The molecule has 0 aromatic carbocycles. The van der Waals surface area contributed by atoms with Crippen molar-refractivity contribution in [3.63, 3.8) is 0 Å². The zero-order valence-electron chi connectivity index (χ0n) is 9.33. The van der Waals surface area contributed by atoms with Crippen molar-refractivity contribution in [2.75, 3.05) is 0 Å². The monoisotopic (exact) mass is 227 g/mol. The summed E-state index contributed by atoms with van der Waals surface area (Å²) in [7, 11) is 0. The Bertz CT molecular complexity index is 410. The summed E-state index contributed by atoms with van der Waals surface area (Å²) in [6.07, 6.45) is 2.19. The van der Waals surface area contributed by atoms with E-state index in [1.54, 1.807) is 0 Å². The van der Waals surface area contributed by atoms with E-state index in [0.717, 1.165) is 24.4 Å². The third-order valence-corrected chi connectivity index (χ3v) is 3.94. The van der Waals surface area contributed by atoms with Gasteiger partial charge in [-0.3, -0.25) is 9.78 Å². The Balaban J connectivity index is 2.18. The van der Waals surface area contributed by atoms with Crippen LogP contribution in [0.3, 0.4) is 0 Å². The molecule has 1 aromatic heterocycles. The molecule has 1 heterocycles. The molecule has 5 heteroatoms. The van der Waals surface area contributed by atoms with Crippen LogP contribution in [0.4, 0.5) is 0 Å². The zero-order chi connectivity index (χ0) is 11.3. The molecule has 1 unspecified atom stereocenters. The topological polar surface area (TPSA) is 71.8 Å². The van der Waals surface area contributed by atoms with Gasteiger partial charge in [0.15, 0.2) is 0 Å². The number of aromatic amines is 1. The largest absolute Gasteiger partial charge is 0.323 e. The fraction of sp³-hybridized carbons (Fsp3) is 0.800. The first-order valence-corrected chi connectivity index (χ1v) is 5.94. The van der Waals surface area contributed by atoms with Crippen LogP contribution in [-0.2, 0) is 5.54 Å². The number of rotatable bonds is 2. The van der Waals surface area contributed by atoms with Crippen LogP contribution in [0, 0.1) is 11.3 Å². The van der Waals surface area contributed by atoms with Crippen LogP contribution in [0.1, 0.15) is 39.4 Å². The standard InChI is InChI=1S/C10H17N3OS/c1-9(2)4-6(5-9)10(3,11)7-12-8(14)15-13-7/h6H,4-5,11H2,1-3H3,(H,12,13,14). The number of aromatic nitrogens is 2. The highest BCUT2D eigenvalue weighted by Crippen LogP contribution is 2.51. The molecule has 1 aromatic rings. The van der Waals surface area contributed by atoms with Crippen molar-refractivity contribution in [2.45, 2.75) is 39.2 Å². The molecule has 0 saturated heterocycles. The molecule has 1 aliphatic rings. The Kier molecular flexibility index (Phi) is 2.28. The third-order valence-electron chi connectivity index (χ3n) is 3.40. The summed E-state index contributed by atoms with van der Waals surface area (Å²) >= 11 is 0.942. The van der Waals surface area contributed by atoms with Crippen LogP contribution in [0.5, 0.6) is 0 Å². The first kappa shape index (κ1) is 10.8. The first-order valence-electron chi connectivity index (χ1n) is 5.17. The Labute approximate surface area is 93.1 Å². The van der Waals surface area contributed by atoms with Gasteiger partial charge in [0, 0.05) is 11.5 Å². The molecule has 0 aliphatic heterocycles. The van der Waals surface area contributed by atoms with Crippen LogP contribution in [0.2, 0.25) is 0 Å². The van der Waals surface area contributed by atoms with Crippen molar-refractivity contribution in [1.29, 1.82) is 0 Å². The highest BCUT2D eigenvalue weighted by atomic mass is 32.1. The van der Waals surface area contributed by atoms with E-state index in [2.05, 4.69) is 23.2 Å². The van der Waals surface area contributed by atoms with Gasteiger partial charge in [0.25, 0.3) is 0 Å². The SMILES string of the molecule is CC1(C)CC(C(C)(N)c2nsc(=O)[nH]2)C1. The van der Waals surface area contributed by atoms with Gasteiger partial charge in [-0.15, -0.1) is 0 Å². The lowest BCUT2D eigenvalue weighted by atomic mass is 9.58. The van der Waals surface area contributed by atoms with Gasteiger partial charge in [0.1, 0.15) is 5.82 Å². The minimum absolute atomic E-state index is 0.125. The molecular formula is C10H17N3OS. The Morgan fingerprint density at radius 3 is 2.60 bits per heavy atom. The number of nitrogens with two attached hydrogens (primary N) is 1. The molecule has 15 heavy (non-hydrogen) atoms. The smallest absolute Gasteiger partial charge is 0.319 e. The summed E-state index contributed by atoms with van der Waals surface area (Å²) in [5.74, 6) is 1.06. The van der Waals surface area contributed by atoms with Gasteiger partial charge in [0.2, 0.25) is 0 Å². The average molecular weight is 227 g/mol. The van der Waals surface area contributed by atoms with Gasteiger partial charge >= 0.3 is 4.87 Å². The van der Waals surface area contributed by atoms with E-state index in [9.17, 15) is 4.79 Å². The number of hydrogen-bond donors (Lipinski definition) is 2. The van der Waals surface area contributed by atoms with Gasteiger partial charge in [-0.05, 0) is 31.1 Å². The van der Waals surface area contributed by atoms with Crippen LogP contribution < -0.4 is 10.6 Å². The fourth-order valence-corrected chi connectivity index (χ4v) is 2.91. The van der Waals surface area contributed by atoms with E-state index in [-0.39, 0.29) is 4.87 Å². The maximum atomic E-state index is 11.0. The van der Waals surface area contributed by atoms with Crippen molar-refractivity contribution < 1.29 is 0 Å². The fourth-order valence-electron chi connectivity index (χ4n) is 2.35. The first-order chi connectivity index (χ1) is 6.81. The summed E-state index contributed by atoms with van der Waals surface area (Å²) in [4.78, 5) is 13.6. The molecular weight excluding hydrogens is 210 g/mol. The minimum Gasteiger partial charge on any atom is -0.319 e. The van der Waals surface area contributed by atoms with E-state index < -0.39 is 5.54 Å². The van der Waals surface area contributed by atoms with Crippen molar-refractivity contribution in [3.8, 4) is 0 Å². The summed E-state index contributed by atoms with van der Waals surface area (Å²) in [6.45, 7) is 6.44. The van der Waals surface area contributed by atoms with Crippen molar-refractivity contribution in [2.24, 2.45) is 17.1 Å². The van der Waals surface area contributed by atoms with E-state index in [4.69, 9.17) is 5.73 Å². The van der Waals surface area contributed by atoms with E-state index in [1.165, 1.54) is 0 Å². The molecule has 0 spiro atoms. The lowest BCUT2D eigenvalue weighted by molar-refractivity contribution is 0.0347. The average Bonchev–Trinajstić information content (AvgIpc) is 2.48. The van der Waals surface area contributed by atoms with Crippen LogP contribution in [-0.4, -0.2) is 9.36 Å². The number of nitrogens with one attached hydrogen (secondary N) is 1. The van der Waals surface area contributed by atoms with Crippen molar-refractivity contribution >= 4 is 11.5 Å². The van der Waals surface area contributed by atoms with Crippen LogP contribution in [0.15, 0.2) is 4.79 Å². The zero-order valence-corrected chi connectivity index (χ0v) is 10.1. The number of hydrogen-bond acceptors (Lipinski definition) is 4. The molecule has 2 rings (SSSR count). The summed E-state index contributed by atoms with van der Waals surface area (Å²) in [6, 6.07) is 0. The maximum Gasteiger partial charge on any atom is 0.323 e. The second-order valence-corrected chi connectivity index (χ2v) is 6.23. The van der Waals surface area contributed by atoms with Crippen molar-refractivity contribution in [3.05, 3.63) is 15.5 Å². The molecule has 0 bridgehead atoms. The Morgan fingerprint density at radius 1 is 1.60 bits per heavy atom. The molecule has 0 amide bonds. The minimum atomic E-state index is -0.491. The van der Waals surface area contributed by atoms with Gasteiger partial charge in [0.05, 0.1) is 5.54 Å². The lowest BCUT2D eigenvalue weighted by Crippen LogP contribution is -2.50. The van der Waals surface area contributed by atoms with Gasteiger partial charge in [-0.25, -0.2) is 0 Å². The molecule has 4 nitrogen and oxygen atoms in total. The van der Waals surface area contributed by atoms with Crippen LogP contribution >= 0.6 is 11.5 Å². The summed E-state index contributed by atoms with van der Waals surface area (Å²) < 4.78 is 4.09. The molecule has 1 atom stereocenters. The highest BCUT2D eigenvalue weighted by molar-refractivity contribution is 7.02. The molecule has 0 radical (unpaired) electrons. The lowest BCUT2D eigenvalue weighted by Gasteiger charge is -2.49. The predicted octanol–water partition coefficient (Wildman–Crippen LogP) is 1.44. The summed E-state index contributed by atoms with van der Waals surface area (Å²) in [5.41, 5.74) is 6.15. The van der Waals surface area contributed by atoms with Gasteiger partial charge in [-0.2, -0.15) is 4.37 Å². The Morgan fingerprint density at radius 2 is 2.20 bits per heavy atom. The number of H-pyrrole nitrogens is 1. The normalized spacial score (nSPS) is 24.5. The highest BCUT2D eigenvalue weighted by Gasteiger charge is 2.47. The molecule has 1 aliphatic carbocycles. The molecule has 84 valence electrons. The summed E-state index contributed by atoms with van der Waals surface area (Å²) in [5, 5.41) is 0. The maximum absolute atomic E-state index is 11.0. The second kappa shape index (κ2) is 3.15. The predicted molar refractivity (Wildman–Crippen MR) is 60.8 cm³/mol. The quantitative estimate of drug-likeness (QED) is 0.803. The van der Waals surface area contributed by atoms with Crippen molar-refractivity contribution in [1.82, 2.24) is 9.36 Å². The van der Waals surface area contributed by atoms with Gasteiger partial charge in [-0.1, -0.05) is 13.8 Å². The van der Waals surface area contributed by atoms with Gasteiger partial charge < -0.3 is 5.73 Å². The van der Waals surface area contributed by atoms with E-state index in [1.807, 2.05) is 6.92 Å². The van der Waals surface area contributed by atoms with E-state index in [0.29, 0.717) is 17.2 Å². The Hall–Kier alpha value is -0.680. The number of nitrogens with zero attached hydrogens (tertiary/aromatic N) is 1. The van der Waals surface area contributed by atoms with Crippen LogP contribution in [0.25, 0.3) is 0 Å². The molecule has 3 N–H and O–H groups in total.